The number of hydrogen-bond acceptors (Lipinski definition) is 2. The van der Waals surface area contributed by atoms with Crippen molar-refractivity contribution in [2.45, 2.75) is 13.3 Å². The van der Waals surface area contributed by atoms with Gasteiger partial charge in [0, 0.05) is 4.47 Å². The lowest BCUT2D eigenvalue weighted by Gasteiger charge is -2.01. The molecule has 0 atom stereocenters. The average molecular weight is 261 g/mol. The third kappa shape index (κ3) is 3.23. The van der Waals surface area contributed by atoms with Crippen LogP contribution in [0.4, 0.5) is 0 Å². The molecule has 74 valence electrons. The number of nitrogens with zero attached hydrogens (tertiary/aromatic N) is 2. The summed E-state index contributed by atoms with van der Waals surface area (Å²) in [5, 5.41) is 17.4. The fourth-order valence-electron chi connectivity index (χ4n) is 1.21. The van der Waals surface area contributed by atoms with Gasteiger partial charge in [0.05, 0.1) is 0 Å². The summed E-state index contributed by atoms with van der Waals surface area (Å²) in [7, 11) is 0. The van der Waals surface area contributed by atoms with Gasteiger partial charge < -0.3 is 0 Å². The number of hydrogen-bond donors (Lipinski definition) is 0. The number of rotatable bonds is 2. The highest BCUT2D eigenvalue weighted by atomic mass is 79.9. The number of benzene rings is 1. The fourth-order valence-corrected chi connectivity index (χ4v) is 1.48. The summed E-state index contributed by atoms with van der Waals surface area (Å²) in [6.07, 6.45) is 0.643. The Morgan fingerprint density at radius 3 is 2.20 bits per heavy atom. The monoisotopic (exact) mass is 260 g/mol. The molecule has 0 aliphatic rings. The first-order valence-corrected chi connectivity index (χ1v) is 5.21. The molecule has 1 aromatic carbocycles. The summed E-state index contributed by atoms with van der Waals surface area (Å²) in [6, 6.07) is 11.6. The Kier molecular flexibility index (Phi) is 4.09. The van der Waals surface area contributed by atoms with Crippen molar-refractivity contribution < 1.29 is 0 Å². The molecule has 0 aliphatic carbocycles. The Morgan fingerprint density at radius 1 is 1.20 bits per heavy atom. The van der Waals surface area contributed by atoms with Crippen LogP contribution in [-0.4, -0.2) is 0 Å². The van der Waals surface area contributed by atoms with Gasteiger partial charge >= 0.3 is 0 Å². The number of halogens is 1. The highest BCUT2D eigenvalue weighted by molar-refractivity contribution is 9.10. The summed E-state index contributed by atoms with van der Waals surface area (Å²) in [5.74, 6) is 0. The quantitative estimate of drug-likeness (QED) is 0.766. The Bertz CT molecular complexity index is 442. The third-order valence-electron chi connectivity index (χ3n) is 2.03. The van der Waals surface area contributed by atoms with E-state index < -0.39 is 0 Å². The van der Waals surface area contributed by atoms with E-state index in [4.69, 9.17) is 10.5 Å². The molecule has 0 aromatic heterocycles. The van der Waals surface area contributed by atoms with E-state index in [2.05, 4.69) is 15.9 Å². The Balaban J connectivity index is 2.89. The van der Waals surface area contributed by atoms with Crippen LogP contribution in [0.3, 0.4) is 0 Å². The normalized spacial score (nSPS) is 8.80. The van der Waals surface area contributed by atoms with Crippen molar-refractivity contribution in [3.63, 3.8) is 0 Å². The van der Waals surface area contributed by atoms with Crippen LogP contribution in [0.15, 0.2) is 39.9 Å². The topological polar surface area (TPSA) is 47.6 Å². The molecule has 2 nitrogen and oxygen atoms in total. The predicted molar refractivity (Wildman–Crippen MR) is 61.8 cm³/mol. The lowest BCUT2D eigenvalue weighted by molar-refractivity contribution is 1.13. The molecule has 1 aromatic rings. The van der Waals surface area contributed by atoms with Crippen molar-refractivity contribution in [2.75, 3.05) is 0 Å². The third-order valence-corrected chi connectivity index (χ3v) is 2.56. The Morgan fingerprint density at radius 2 is 1.73 bits per heavy atom. The van der Waals surface area contributed by atoms with Crippen molar-refractivity contribution in [3.05, 3.63) is 45.4 Å². The lowest BCUT2D eigenvalue weighted by Crippen LogP contribution is -1.90. The van der Waals surface area contributed by atoms with Crippen LogP contribution in [-0.2, 0) is 6.42 Å². The van der Waals surface area contributed by atoms with E-state index in [1.165, 1.54) is 0 Å². The molecule has 0 bridgehead atoms. The van der Waals surface area contributed by atoms with Crippen molar-refractivity contribution >= 4 is 15.9 Å². The molecule has 0 N–H and O–H groups in total. The highest BCUT2D eigenvalue weighted by Gasteiger charge is 2.01. The summed E-state index contributed by atoms with van der Waals surface area (Å²) in [5.41, 5.74) is 2.11. The minimum Gasteiger partial charge on any atom is -0.192 e. The van der Waals surface area contributed by atoms with E-state index in [-0.39, 0.29) is 5.57 Å². The predicted octanol–water partition coefficient (Wildman–Crippen LogP) is 3.36. The van der Waals surface area contributed by atoms with E-state index in [0.717, 1.165) is 15.6 Å². The van der Waals surface area contributed by atoms with Crippen molar-refractivity contribution in [2.24, 2.45) is 0 Å². The second kappa shape index (κ2) is 5.34. The minimum atomic E-state index is 0.206. The first kappa shape index (κ1) is 11.5. The molecule has 15 heavy (non-hydrogen) atoms. The van der Waals surface area contributed by atoms with Crippen molar-refractivity contribution in [1.82, 2.24) is 0 Å². The molecule has 0 heterocycles. The molecule has 0 spiro atoms. The maximum absolute atomic E-state index is 8.68. The minimum absolute atomic E-state index is 0.206. The molecule has 0 fully saturated rings. The number of allylic oxidation sites excluding steroid dienone is 2. The van der Waals surface area contributed by atoms with Gasteiger partial charge in [-0.05, 0) is 36.6 Å². The summed E-state index contributed by atoms with van der Waals surface area (Å²) < 4.78 is 1.02. The average Bonchev–Trinajstić information content (AvgIpc) is 2.23. The Hall–Kier alpha value is -1.58. The number of nitriles is 2. The van der Waals surface area contributed by atoms with Crippen LogP contribution in [0.5, 0.6) is 0 Å². The molecular weight excluding hydrogens is 252 g/mol. The van der Waals surface area contributed by atoms with E-state index in [1.807, 2.05) is 43.3 Å². The molecule has 3 heteroatoms. The van der Waals surface area contributed by atoms with Crippen LogP contribution in [0.2, 0.25) is 0 Å². The zero-order valence-electron chi connectivity index (χ0n) is 8.29. The molecule has 1 rings (SSSR count). The molecule has 0 saturated carbocycles. The first-order chi connectivity index (χ1) is 7.17. The summed E-state index contributed by atoms with van der Waals surface area (Å²) in [6.45, 7) is 1.81. The van der Waals surface area contributed by atoms with Gasteiger partial charge in [-0.3, -0.25) is 0 Å². The zero-order valence-corrected chi connectivity index (χ0v) is 9.87. The second-order valence-electron chi connectivity index (χ2n) is 3.18. The van der Waals surface area contributed by atoms with E-state index in [0.29, 0.717) is 6.42 Å². The summed E-state index contributed by atoms with van der Waals surface area (Å²) in [4.78, 5) is 0. The molecule has 0 radical (unpaired) electrons. The SMILES string of the molecule is CC(Cc1ccc(Br)cc1)=C(C#N)C#N. The molecule has 0 amide bonds. The standard InChI is InChI=1S/C12H9BrN2/c1-9(11(7-14)8-15)6-10-2-4-12(13)5-3-10/h2-5H,6H2,1H3. The maximum atomic E-state index is 8.68. The largest absolute Gasteiger partial charge is 0.192 e. The van der Waals surface area contributed by atoms with Crippen LogP contribution in [0.25, 0.3) is 0 Å². The van der Waals surface area contributed by atoms with E-state index in [9.17, 15) is 0 Å². The van der Waals surface area contributed by atoms with Crippen LogP contribution < -0.4 is 0 Å². The van der Waals surface area contributed by atoms with Gasteiger partial charge in [-0.15, -0.1) is 0 Å². The van der Waals surface area contributed by atoms with Gasteiger partial charge in [0.2, 0.25) is 0 Å². The smallest absolute Gasteiger partial charge is 0.128 e. The van der Waals surface area contributed by atoms with E-state index in [1.54, 1.807) is 0 Å². The lowest BCUT2D eigenvalue weighted by atomic mass is 10.0. The van der Waals surface area contributed by atoms with Gasteiger partial charge in [0.15, 0.2) is 0 Å². The van der Waals surface area contributed by atoms with Gasteiger partial charge in [0.25, 0.3) is 0 Å². The highest BCUT2D eigenvalue weighted by Crippen LogP contribution is 2.15. The van der Waals surface area contributed by atoms with Crippen LogP contribution in [0.1, 0.15) is 12.5 Å². The molecular formula is C12H9BrN2. The second-order valence-corrected chi connectivity index (χ2v) is 4.10. The van der Waals surface area contributed by atoms with E-state index >= 15 is 0 Å². The fraction of sp³-hybridized carbons (Fsp3) is 0.167. The van der Waals surface area contributed by atoms with Gasteiger partial charge in [-0.25, -0.2) is 0 Å². The Labute approximate surface area is 97.6 Å². The van der Waals surface area contributed by atoms with Gasteiger partial charge in [0.1, 0.15) is 17.7 Å². The first-order valence-electron chi connectivity index (χ1n) is 4.41. The van der Waals surface area contributed by atoms with Gasteiger partial charge in [-0.1, -0.05) is 28.1 Å². The maximum Gasteiger partial charge on any atom is 0.128 e. The van der Waals surface area contributed by atoms with Crippen LogP contribution >= 0.6 is 15.9 Å². The zero-order chi connectivity index (χ0) is 11.3. The van der Waals surface area contributed by atoms with Crippen molar-refractivity contribution in [1.29, 1.82) is 10.5 Å². The molecule has 0 saturated heterocycles. The van der Waals surface area contributed by atoms with Crippen molar-refractivity contribution in [3.8, 4) is 12.1 Å². The summed E-state index contributed by atoms with van der Waals surface area (Å²) >= 11 is 3.35. The van der Waals surface area contributed by atoms with Gasteiger partial charge in [-0.2, -0.15) is 10.5 Å². The van der Waals surface area contributed by atoms with Crippen LogP contribution in [0, 0.1) is 22.7 Å². The molecule has 0 unspecified atom stereocenters. The molecule has 0 aliphatic heterocycles.